The van der Waals surface area contributed by atoms with Gasteiger partial charge in [0.1, 0.15) is 0 Å². The molecule has 3 nitrogen and oxygen atoms in total. The lowest BCUT2D eigenvalue weighted by Crippen LogP contribution is -1.85. The summed E-state index contributed by atoms with van der Waals surface area (Å²) in [5.41, 5.74) is 7.21. The first kappa shape index (κ1) is 9.55. The van der Waals surface area contributed by atoms with Gasteiger partial charge in [0, 0.05) is 15.1 Å². The third-order valence-electron chi connectivity index (χ3n) is 1.82. The molecule has 2 N–H and O–H groups in total. The fourth-order valence-electron chi connectivity index (χ4n) is 1.15. The van der Waals surface area contributed by atoms with E-state index in [4.69, 9.17) is 21.9 Å². The van der Waals surface area contributed by atoms with Gasteiger partial charge < -0.3 is 10.3 Å². The zero-order chi connectivity index (χ0) is 10.1. The van der Waals surface area contributed by atoms with Crippen LogP contribution in [0.15, 0.2) is 33.4 Å². The number of aromatic nitrogens is 1. The number of hydrogen-bond donors (Lipinski definition) is 1. The molecule has 1 aromatic carbocycles. The molecule has 0 bridgehead atoms. The Bertz CT molecular complexity index is 470. The number of nitrogens with two attached hydrogens (primary N) is 1. The second-order valence-electron chi connectivity index (χ2n) is 2.73. The van der Waals surface area contributed by atoms with Gasteiger partial charge in [-0.05, 0) is 18.2 Å². The molecule has 0 atom stereocenters. The molecule has 5 heteroatoms. The number of hydrogen-bond acceptors (Lipinski definition) is 3. The smallest absolute Gasteiger partial charge is 0.229 e. The van der Waals surface area contributed by atoms with Crippen LogP contribution >= 0.6 is 27.5 Å². The Morgan fingerprint density at radius 2 is 2.14 bits per heavy atom. The van der Waals surface area contributed by atoms with Gasteiger partial charge in [0.15, 0.2) is 0 Å². The van der Waals surface area contributed by atoms with Gasteiger partial charge in [-0.15, -0.1) is 0 Å². The van der Waals surface area contributed by atoms with Gasteiger partial charge in [0.25, 0.3) is 0 Å². The highest BCUT2D eigenvalue weighted by Crippen LogP contribution is 2.33. The maximum absolute atomic E-state index is 5.87. The fourth-order valence-corrected chi connectivity index (χ4v) is 1.79. The summed E-state index contributed by atoms with van der Waals surface area (Å²) in [6.45, 7) is 0. The second kappa shape index (κ2) is 3.63. The van der Waals surface area contributed by atoms with Crippen molar-refractivity contribution in [2.24, 2.45) is 0 Å². The average molecular weight is 274 g/mol. The number of halogens is 2. The van der Waals surface area contributed by atoms with Crippen LogP contribution in [0.1, 0.15) is 0 Å². The molecule has 72 valence electrons. The van der Waals surface area contributed by atoms with Crippen molar-refractivity contribution in [1.82, 2.24) is 5.16 Å². The minimum atomic E-state index is 0.285. The van der Waals surface area contributed by atoms with E-state index in [1.165, 1.54) is 0 Å². The van der Waals surface area contributed by atoms with E-state index in [1.807, 2.05) is 6.07 Å². The lowest BCUT2D eigenvalue weighted by atomic mass is 10.1. The third-order valence-corrected chi connectivity index (χ3v) is 2.74. The van der Waals surface area contributed by atoms with Crippen LogP contribution < -0.4 is 5.73 Å². The van der Waals surface area contributed by atoms with Crippen LogP contribution in [0, 0.1) is 0 Å². The topological polar surface area (TPSA) is 52.0 Å². The van der Waals surface area contributed by atoms with Crippen molar-refractivity contribution in [1.29, 1.82) is 0 Å². The van der Waals surface area contributed by atoms with Crippen molar-refractivity contribution < 1.29 is 4.52 Å². The van der Waals surface area contributed by atoms with Crippen LogP contribution in [0.5, 0.6) is 0 Å². The Kier molecular flexibility index (Phi) is 2.48. The first-order valence-corrected chi connectivity index (χ1v) is 5.01. The van der Waals surface area contributed by atoms with Crippen molar-refractivity contribution in [3.63, 3.8) is 0 Å². The van der Waals surface area contributed by atoms with E-state index in [-0.39, 0.29) is 5.88 Å². The highest BCUT2D eigenvalue weighted by molar-refractivity contribution is 9.10. The predicted molar refractivity (Wildman–Crippen MR) is 59.1 cm³/mol. The summed E-state index contributed by atoms with van der Waals surface area (Å²) >= 11 is 9.28. The summed E-state index contributed by atoms with van der Waals surface area (Å²) < 4.78 is 5.68. The highest BCUT2D eigenvalue weighted by Gasteiger charge is 2.10. The monoisotopic (exact) mass is 272 g/mol. The maximum atomic E-state index is 5.87. The Hall–Kier alpha value is -1.000. The van der Waals surface area contributed by atoms with E-state index >= 15 is 0 Å². The Morgan fingerprint density at radius 1 is 1.36 bits per heavy atom. The zero-order valence-corrected chi connectivity index (χ0v) is 9.34. The van der Waals surface area contributed by atoms with Crippen LogP contribution in [0.3, 0.4) is 0 Å². The standard InChI is InChI=1S/C9H6BrClN2O/c10-8-2-1-5(11)3-6(8)7-4-13-14-9(7)12/h1-4H,12H2. The fraction of sp³-hybridized carbons (Fsp3) is 0. The van der Waals surface area contributed by atoms with E-state index < -0.39 is 0 Å². The molecule has 0 unspecified atom stereocenters. The normalized spacial score (nSPS) is 10.4. The summed E-state index contributed by atoms with van der Waals surface area (Å²) in [6, 6.07) is 5.44. The summed E-state index contributed by atoms with van der Waals surface area (Å²) in [7, 11) is 0. The molecule has 0 radical (unpaired) electrons. The summed E-state index contributed by atoms with van der Waals surface area (Å²) in [4.78, 5) is 0. The number of nitrogens with zero attached hydrogens (tertiary/aromatic N) is 1. The Balaban J connectivity index is 2.62. The lowest BCUT2D eigenvalue weighted by Gasteiger charge is -2.01. The van der Waals surface area contributed by atoms with Crippen LogP contribution in [0.2, 0.25) is 5.02 Å². The van der Waals surface area contributed by atoms with Gasteiger partial charge in [-0.25, -0.2) is 0 Å². The zero-order valence-electron chi connectivity index (χ0n) is 7.00. The average Bonchev–Trinajstić information content (AvgIpc) is 2.56. The van der Waals surface area contributed by atoms with E-state index in [0.717, 1.165) is 15.6 Å². The molecule has 0 spiro atoms. The van der Waals surface area contributed by atoms with Gasteiger partial charge >= 0.3 is 0 Å². The second-order valence-corrected chi connectivity index (χ2v) is 4.02. The molecule has 14 heavy (non-hydrogen) atoms. The molecular formula is C9H6BrClN2O. The first-order valence-electron chi connectivity index (χ1n) is 3.84. The first-order chi connectivity index (χ1) is 6.68. The van der Waals surface area contributed by atoms with Crippen LogP contribution in [-0.2, 0) is 0 Å². The summed E-state index contributed by atoms with van der Waals surface area (Å²) in [6.07, 6.45) is 1.56. The van der Waals surface area contributed by atoms with E-state index in [9.17, 15) is 0 Å². The van der Waals surface area contributed by atoms with Crippen LogP contribution in [0.25, 0.3) is 11.1 Å². The Labute approximate surface area is 94.0 Å². The van der Waals surface area contributed by atoms with Gasteiger partial charge in [-0.3, -0.25) is 0 Å². The third kappa shape index (κ3) is 1.63. The van der Waals surface area contributed by atoms with Crippen molar-refractivity contribution >= 4 is 33.4 Å². The highest BCUT2D eigenvalue weighted by atomic mass is 79.9. The van der Waals surface area contributed by atoms with Gasteiger partial charge in [0.05, 0.1) is 11.8 Å². The predicted octanol–water partition coefficient (Wildman–Crippen LogP) is 3.34. The number of anilines is 1. The molecule has 1 heterocycles. The van der Waals surface area contributed by atoms with Crippen LogP contribution in [-0.4, -0.2) is 5.16 Å². The maximum Gasteiger partial charge on any atom is 0.229 e. The summed E-state index contributed by atoms with van der Waals surface area (Å²) in [5.74, 6) is 0.285. The minimum Gasteiger partial charge on any atom is -0.367 e. The molecule has 0 aliphatic heterocycles. The number of rotatable bonds is 1. The minimum absolute atomic E-state index is 0.285. The summed E-state index contributed by atoms with van der Waals surface area (Å²) in [5, 5.41) is 4.25. The molecule has 2 aromatic rings. The molecule has 2 rings (SSSR count). The van der Waals surface area contributed by atoms with Crippen LogP contribution in [0.4, 0.5) is 5.88 Å². The number of nitrogen functional groups attached to an aromatic ring is 1. The molecule has 0 aliphatic rings. The van der Waals surface area contributed by atoms with Gasteiger partial charge in [0.2, 0.25) is 5.88 Å². The molecule has 0 saturated carbocycles. The molecule has 1 aromatic heterocycles. The largest absolute Gasteiger partial charge is 0.367 e. The lowest BCUT2D eigenvalue weighted by molar-refractivity contribution is 0.436. The SMILES string of the molecule is Nc1oncc1-c1cc(Cl)ccc1Br. The Morgan fingerprint density at radius 3 is 2.79 bits per heavy atom. The van der Waals surface area contributed by atoms with Crippen molar-refractivity contribution in [2.45, 2.75) is 0 Å². The molecular weight excluding hydrogens is 267 g/mol. The van der Waals surface area contributed by atoms with Gasteiger partial charge in [-0.1, -0.05) is 32.7 Å². The van der Waals surface area contributed by atoms with Crippen molar-refractivity contribution in [2.75, 3.05) is 5.73 Å². The van der Waals surface area contributed by atoms with E-state index in [0.29, 0.717) is 5.02 Å². The van der Waals surface area contributed by atoms with Crippen molar-refractivity contribution in [3.8, 4) is 11.1 Å². The molecule has 0 saturated heterocycles. The van der Waals surface area contributed by atoms with Gasteiger partial charge in [-0.2, -0.15) is 0 Å². The molecule has 0 aliphatic carbocycles. The van der Waals surface area contributed by atoms with E-state index in [2.05, 4.69) is 21.1 Å². The van der Waals surface area contributed by atoms with E-state index in [1.54, 1.807) is 18.3 Å². The number of benzene rings is 1. The molecule has 0 amide bonds. The quantitative estimate of drug-likeness (QED) is 0.867. The molecule has 0 fully saturated rings. The van der Waals surface area contributed by atoms with Crippen molar-refractivity contribution in [3.05, 3.63) is 33.9 Å².